The highest BCUT2D eigenvalue weighted by atomic mass is 32.2. The summed E-state index contributed by atoms with van der Waals surface area (Å²) in [4.78, 5) is 13.2. The standard InChI is InChI=1S/C23H22N4O4S/c1-13-21(32(30,31)16-7-8-18-15(9-16)12-24-26-18)11-20(27(13)2)23(29)25-19-10-14-5-3-4-6-17(14)22(19)28/h3-9,11-12,19,22,28H,10H2,1-2H3,(H,24,26)(H,25,29)/t19-,22+/m0/s1. The number of aliphatic hydroxyl groups is 1. The molecule has 0 bridgehead atoms. The van der Waals surface area contributed by atoms with Gasteiger partial charge < -0.3 is 15.0 Å². The fourth-order valence-electron chi connectivity index (χ4n) is 4.32. The SMILES string of the molecule is Cc1c(S(=O)(=O)c2ccc3[nH]ncc3c2)cc(C(=O)N[C@H]2Cc3ccccc3[C@H]2O)n1C. The number of aromatic amines is 1. The zero-order valence-corrected chi connectivity index (χ0v) is 18.3. The van der Waals surface area contributed by atoms with Crippen molar-refractivity contribution in [2.45, 2.75) is 35.3 Å². The lowest BCUT2D eigenvalue weighted by Crippen LogP contribution is -2.38. The lowest BCUT2D eigenvalue weighted by Gasteiger charge is -2.17. The summed E-state index contributed by atoms with van der Waals surface area (Å²) >= 11 is 0. The van der Waals surface area contributed by atoms with E-state index in [4.69, 9.17) is 0 Å². The summed E-state index contributed by atoms with van der Waals surface area (Å²) in [6, 6.07) is 13.2. The molecule has 0 spiro atoms. The molecule has 0 saturated carbocycles. The topological polar surface area (TPSA) is 117 Å². The number of nitrogens with zero attached hydrogens (tertiary/aromatic N) is 2. The van der Waals surface area contributed by atoms with Gasteiger partial charge in [-0.25, -0.2) is 8.42 Å². The summed E-state index contributed by atoms with van der Waals surface area (Å²) in [5.74, 6) is -0.431. The van der Waals surface area contributed by atoms with Gasteiger partial charge in [-0.05, 0) is 48.7 Å². The number of fused-ring (bicyclic) bond motifs is 2. The molecule has 1 amide bonds. The number of H-pyrrole nitrogens is 1. The van der Waals surface area contributed by atoms with Gasteiger partial charge in [0.05, 0.1) is 33.7 Å². The molecule has 8 nitrogen and oxygen atoms in total. The quantitative estimate of drug-likeness (QED) is 0.442. The van der Waals surface area contributed by atoms with E-state index in [9.17, 15) is 18.3 Å². The highest BCUT2D eigenvalue weighted by molar-refractivity contribution is 7.91. The number of amides is 1. The third kappa shape index (κ3) is 3.12. The van der Waals surface area contributed by atoms with Crippen LogP contribution in [0.3, 0.4) is 0 Å². The van der Waals surface area contributed by atoms with Crippen LogP contribution >= 0.6 is 0 Å². The van der Waals surface area contributed by atoms with Crippen LogP contribution < -0.4 is 5.32 Å². The Morgan fingerprint density at radius 2 is 2.00 bits per heavy atom. The van der Waals surface area contributed by atoms with Crippen molar-refractivity contribution in [3.63, 3.8) is 0 Å². The Balaban J connectivity index is 1.45. The molecular weight excluding hydrogens is 428 g/mol. The van der Waals surface area contributed by atoms with E-state index in [1.807, 2.05) is 24.3 Å². The number of hydrogen-bond donors (Lipinski definition) is 3. The Morgan fingerprint density at radius 1 is 1.22 bits per heavy atom. The Labute approximate surface area is 184 Å². The Morgan fingerprint density at radius 3 is 2.78 bits per heavy atom. The minimum Gasteiger partial charge on any atom is -0.386 e. The number of hydrogen-bond acceptors (Lipinski definition) is 5. The van der Waals surface area contributed by atoms with Gasteiger partial charge in [0.2, 0.25) is 9.84 Å². The fourth-order valence-corrected chi connectivity index (χ4v) is 5.90. The summed E-state index contributed by atoms with van der Waals surface area (Å²) in [7, 11) is -2.19. The second kappa shape index (κ2) is 7.32. The van der Waals surface area contributed by atoms with Crippen LogP contribution in [0.4, 0.5) is 0 Å². The minimum atomic E-state index is -3.85. The molecule has 2 aromatic carbocycles. The first-order valence-corrected chi connectivity index (χ1v) is 11.7. The Hall–Kier alpha value is -3.43. The van der Waals surface area contributed by atoms with Crippen LogP contribution in [-0.2, 0) is 23.3 Å². The van der Waals surface area contributed by atoms with Crippen molar-refractivity contribution < 1.29 is 18.3 Å². The van der Waals surface area contributed by atoms with Crippen molar-refractivity contribution in [1.29, 1.82) is 0 Å². The van der Waals surface area contributed by atoms with Gasteiger partial charge in [-0.2, -0.15) is 5.10 Å². The molecular formula is C23H22N4O4S. The molecule has 5 rings (SSSR count). The number of sulfone groups is 1. The molecule has 1 aliphatic carbocycles. The molecule has 0 unspecified atom stereocenters. The van der Waals surface area contributed by atoms with Gasteiger partial charge in [-0.15, -0.1) is 0 Å². The maximum atomic E-state index is 13.3. The number of carbonyl (C=O) groups excluding carboxylic acids is 1. The van der Waals surface area contributed by atoms with Crippen molar-refractivity contribution >= 4 is 26.6 Å². The molecule has 0 saturated heterocycles. The van der Waals surface area contributed by atoms with Gasteiger partial charge >= 0.3 is 0 Å². The smallest absolute Gasteiger partial charge is 0.268 e. The molecule has 0 fully saturated rings. The third-order valence-electron chi connectivity index (χ3n) is 6.24. The number of aliphatic hydroxyl groups excluding tert-OH is 1. The number of aromatic nitrogens is 3. The first kappa shape index (κ1) is 20.5. The summed E-state index contributed by atoms with van der Waals surface area (Å²) in [5, 5.41) is 20.9. The van der Waals surface area contributed by atoms with Crippen molar-refractivity contribution in [2.24, 2.45) is 7.05 Å². The molecule has 4 aromatic rings. The third-order valence-corrected chi connectivity index (χ3v) is 8.11. The second-order valence-corrected chi connectivity index (χ2v) is 10.0. The van der Waals surface area contributed by atoms with E-state index in [0.29, 0.717) is 17.5 Å². The minimum absolute atomic E-state index is 0.0725. The lowest BCUT2D eigenvalue weighted by molar-refractivity contribution is 0.0850. The zero-order valence-electron chi connectivity index (χ0n) is 17.5. The van der Waals surface area contributed by atoms with E-state index in [-0.39, 0.29) is 15.5 Å². The fraction of sp³-hybridized carbons (Fsp3) is 0.217. The van der Waals surface area contributed by atoms with Gasteiger partial charge in [-0.1, -0.05) is 24.3 Å². The van der Waals surface area contributed by atoms with Crippen LogP contribution in [0.5, 0.6) is 0 Å². The molecule has 2 atom stereocenters. The highest BCUT2D eigenvalue weighted by Crippen LogP contribution is 2.32. The molecule has 9 heteroatoms. The van der Waals surface area contributed by atoms with E-state index in [2.05, 4.69) is 15.5 Å². The van der Waals surface area contributed by atoms with Crippen LogP contribution in [0.25, 0.3) is 10.9 Å². The Kier molecular flexibility index (Phi) is 4.68. The van der Waals surface area contributed by atoms with Gasteiger partial charge in [0.15, 0.2) is 0 Å². The van der Waals surface area contributed by atoms with Crippen LogP contribution in [0.15, 0.2) is 64.5 Å². The largest absolute Gasteiger partial charge is 0.386 e. The first-order valence-electron chi connectivity index (χ1n) is 10.2. The molecule has 0 aliphatic heterocycles. The average molecular weight is 451 g/mol. The second-order valence-electron chi connectivity index (χ2n) is 8.09. The number of rotatable bonds is 4. The molecule has 0 radical (unpaired) electrons. The summed E-state index contributed by atoms with van der Waals surface area (Å²) in [5.41, 5.74) is 3.21. The lowest BCUT2D eigenvalue weighted by atomic mass is 10.1. The molecule has 3 N–H and O–H groups in total. The van der Waals surface area contributed by atoms with Gasteiger partial charge in [0, 0.05) is 18.1 Å². The number of carbonyl (C=O) groups is 1. The molecule has 164 valence electrons. The maximum absolute atomic E-state index is 13.3. The zero-order chi connectivity index (χ0) is 22.6. The molecule has 32 heavy (non-hydrogen) atoms. The maximum Gasteiger partial charge on any atom is 0.268 e. The normalized spacial score (nSPS) is 18.1. The van der Waals surface area contributed by atoms with E-state index >= 15 is 0 Å². The molecule has 2 aromatic heterocycles. The van der Waals surface area contributed by atoms with E-state index < -0.39 is 27.9 Å². The average Bonchev–Trinajstić information content (AvgIpc) is 3.45. The van der Waals surface area contributed by atoms with Crippen LogP contribution in [0, 0.1) is 6.92 Å². The van der Waals surface area contributed by atoms with E-state index in [0.717, 1.165) is 16.6 Å². The van der Waals surface area contributed by atoms with E-state index in [1.165, 1.54) is 12.1 Å². The molecule has 2 heterocycles. The number of nitrogens with one attached hydrogen (secondary N) is 2. The van der Waals surface area contributed by atoms with Gasteiger partial charge in [-0.3, -0.25) is 9.89 Å². The summed E-state index contributed by atoms with van der Waals surface area (Å²) in [6.07, 6.45) is 1.28. The predicted molar refractivity (Wildman–Crippen MR) is 118 cm³/mol. The Bertz CT molecular complexity index is 1470. The van der Waals surface area contributed by atoms with Crippen LogP contribution in [0.1, 0.15) is 33.4 Å². The summed E-state index contributed by atoms with van der Waals surface area (Å²) < 4.78 is 28.2. The van der Waals surface area contributed by atoms with Gasteiger partial charge in [0.1, 0.15) is 5.69 Å². The van der Waals surface area contributed by atoms with Crippen molar-refractivity contribution in [3.05, 3.63) is 77.2 Å². The number of benzene rings is 2. The van der Waals surface area contributed by atoms with Crippen molar-refractivity contribution in [1.82, 2.24) is 20.1 Å². The van der Waals surface area contributed by atoms with E-state index in [1.54, 1.807) is 36.9 Å². The van der Waals surface area contributed by atoms with Crippen molar-refractivity contribution in [2.75, 3.05) is 0 Å². The van der Waals surface area contributed by atoms with Crippen LogP contribution in [0.2, 0.25) is 0 Å². The first-order chi connectivity index (χ1) is 15.3. The van der Waals surface area contributed by atoms with Crippen LogP contribution in [-0.4, -0.2) is 40.2 Å². The molecule has 1 aliphatic rings. The monoisotopic (exact) mass is 450 g/mol. The van der Waals surface area contributed by atoms with Crippen molar-refractivity contribution in [3.8, 4) is 0 Å². The predicted octanol–water partition coefficient (Wildman–Crippen LogP) is 2.43. The highest BCUT2D eigenvalue weighted by Gasteiger charge is 2.33. The van der Waals surface area contributed by atoms with Gasteiger partial charge in [0.25, 0.3) is 5.91 Å². The summed E-state index contributed by atoms with van der Waals surface area (Å²) in [6.45, 7) is 1.67.